The van der Waals surface area contributed by atoms with Crippen LogP contribution in [0.15, 0.2) is 18.2 Å². The van der Waals surface area contributed by atoms with Gasteiger partial charge in [0.25, 0.3) is 0 Å². The van der Waals surface area contributed by atoms with Crippen molar-refractivity contribution >= 4 is 17.6 Å². The van der Waals surface area contributed by atoms with Gasteiger partial charge in [-0.1, -0.05) is 13.8 Å². The fraction of sp³-hybridized carbons (Fsp3) is 0.357. The Morgan fingerprint density at radius 2 is 2.05 bits per heavy atom. The Balaban J connectivity index is 2.14. The van der Waals surface area contributed by atoms with Crippen LogP contribution in [0.1, 0.15) is 19.4 Å². The minimum absolute atomic E-state index is 0.0548. The predicted molar refractivity (Wildman–Crippen MR) is 68.1 cm³/mol. The van der Waals surface area contributed by atoms with Gasteiger partial charge >= 0.3 is 5.97 Å². The van der Waals surface area contributed by atoms with Crippen LogP contribution in [0.25, 0.3) is 0 Å². The van der Waals surface area contributed by atoms with E-state index >= 15 is 0 Å². The number of nitrogens with zero attached hydrogens (tertiary/aromatic N) is 1. The molecule has 0 radical (unpaired) electrons. The summed E-state index contributed by atoms with van der Waals surface area (Å²) in [5, 5.41) is 20.0. The molecule has 0 aromatic heterocycles. The van der Waals surface area contributed by atoms with E-state index in [1.165, 1.54) is 12.1 Å². The van der Waals surface area contributed by atoms with Gasteiger partial charge in [0.2, 0.25) is 5.91 Å². The Kier molecular flexibility index (Phi) is 3.22. The molecule has 5 nitrogen and oxygen atoms in total. The monoisotopic (exact) mass is 276 g/mol. The fourth-order valence-electron chi connectivity index (χ4n) is 2.48. The standard InChI is InChI=1S/C14H13FN2O3/c1-14(2)10(11(14)13(19)20)12(18)17-9-4-3-7(6-16)5-8(9)15/h3-5,10-11H,1-2H3,(H,17,18)(H,19,20). The summed E-state index contributed by atoms with van der Waals surface area (Å²) in [6.45, 7) is 3.37. The number of hydrogen-bond acceptors (Lipinski definition) is 3. The highest BCUT2D eigenvalue weighted by atomic mass is 19.1. The molecule has 1 aromatic carbocycles. The van der Waals surface area contributed by atoms with Gasteiger partial charge < -0.3 is 10.4 Å². The van der Waals surface area contributed by atoms with Crippen LogP contribution in [0.4, 0.5) is 10.1 Å². The van der Waals surface area contributed by atoms with Crippen molar-refractivity contribution in [3.05, 3.63) is 29.6 Å². The summed E-state index contributed by atoms with van der Waals surface area (Å²) >= 11 is 0. The number of carbonyl (C=O) groups excluding carboxylic acids is 1. The van der Waals surface area contributed by atoms with Crippen molar-refractivity contribution in [1.82, 2.24) is 0 Å². The average Bonchev–Trinajstić information content (AvgIpc) is 2.95. The Labute approximate surface area is 115 Å². The van der Waals surface area contributed by atoms with Crippen molar-refractivity contribution in [2.45, 2.75) is 13.8 Å². The van der Waals surface area contributed by atoms with Crippen LogP contribution in [0.2, 0.25) is 0 Å². The third-order valence-corrected chi connectivity index (χ3v) is 3.73. The molecule has 2 unspecified atom stereocenters. The van der Waals surface area contributed by atoms with Crippen LogP contribution in [0.5, 0.6) is 0 Å². The molecule has 1 aliphatic carbocycles. The zero-order valence-corrected chi connectivity index (χ0v) is 11.0. The SMILES string of the molecule is CC1(C)C(C(=O)O)C1C(=O)Nc1ccc(C#N)cc1F. The molecule has 1 aliphatic rings. The van der Waals surface area contributed by atoms with Gasteiger partial charge in [-0.05, 0) is 23.6 Å². The summed E-state index contributed by atoms with van der Waals surface area (Å²) < 4.78 is 13.6. The highest BCUT2D eigenvalue weighted by Gasteiger charge is 2.65. The number of carboxylic acids is 1. The van der Waals surface area contributed by atoms with E-state index < -0.39 is 34.9 Å². The lowest BCUT2D eigenvalue weighted by Crippen LogP contribution is -2.18. The van der Waals surface area contributed by atoms with Gasteiger partial charge in [0.15, 0.2) is 0 Å². The Morgan fingerprint density at radius 1 is 1.40 bits per heavy atom. The number of hydrogen-bond donors (Lipinski definition) is 2. The quantitative estimate of drug-likeness (QED) is 0.883. The van der Waals surface area contributed by atoms with Crippen LogP contribution >= 0.6 is 0 Å². The second-order valence-corrected chi connectivity index (χ2v) is 5.41. The lowest BCUT2D eigenvalue weighted by Gasteiger charge is -2.07. The van der Waals surface area contributed by atoms with Gasteiger partial charge in [-0.3, -0.25) is 9.59 Å². The van der Waals surface area contributed by atoms with E-state index in [4.69, 9.17) is 10.4 Å². The minimum Gasteiger partial charge on any atom is -0.481 e. The zero-order valence-electron chi connectivity index (χ0n) is 11.0. The van der Waals surface area contributed by atoms with Crippen molar-refractivity contribution < 1.29 is 19.1 Å². The molecule has 0 aliphatic heterocycles. The number of nitrogens with one attached hydrogen (secondary N) is 1. The molecule has 2 N–H and O–H groups in total. The van der Waals surface area contributed by atoms with E-state index in [1.807, 2.05) is 0 Å². The van der Waals surface area contributed by atoms with E-state index in [2.05, 4.69) is 5.32 Å². The minimum atomic E-state index is -1.03. The number of anilines is 1. The van der Waals surface area contributed by atoms with Crippen molar-refractivity contribution in [2.75, 3.05) is 5.32 Å². The first-order valence-corrected chi connectivity index (χ1v) is 6.02. The summed E-state index contributed by atoms with van der Waals surface area (Å²) in [5.74, 6) is -3.72. The first-order valence-electron chi connectivity index (χ1n) is 6.02. The molecule has 1 aromatic rings. The number of halogens is 1. The van der Waals surface area contributed by atoms with Crippen molar-refractivity contribution in [3.8, 4) is 6.07 Å². The summed E-state index contributed by atoms with van der Waals surface area (Å²) in [6, 6.07) is 5.47. The normalized spacial score (nSPS) is 22.7. The van der Waals surface area contributed by atoms with E-state index in [0.29, 0.717) is 0 Å². The van der Waals surface area contributed by atoms with Crippen LogP contribution < -0.4 is 5.32 Å². The predicted octanol–water partition coefficient (Wildman–Crippen LogP) is 1.99. The molecule has 20 heavy (non-hydrogen) atoms. The van der Waals surface area contributed by atoms with Gasteiger partial charge in [-0.15, -0.1) is 0 Å². The van der Waals surface area contributed by atoms with Gasteiger partial charge in [0.1, 0.15) is 5.82 Å². The van der Waals surface area contributed by atoms with Crippen LogP contribution in [-0.4, -0.2) is 17.0 Å². The Hall–Kier alpha value is -2.42. The summed E-state index contributed by atoms with van der Waals surface area (Å²) in [6.07, 6.45) is 0. The van der Waals surface area contributed by atoms with Crippen LogP contribution in [-0.2, 0) is 9.59 Å². The number of amides is 1. The second kappa shape index (κ2) is 4.60. The zero-order chi connectivity index (χ0) is 15.1. The van der Waals surface area contributed by atoms with Crippen LogP contribution in [0, 0.1) is 34.4 Å². The molecule has 0 spiro atoms. The largest absolute Gasteiger partial charge is 0.481 e. The molecule has 1 saturated carbocycles. The number of rotatable bonds is 3. The molecule has 2 atom stereocenters. The third-order valence-electron chi connectivity index (χ3n) is 3.73. The molecular formula is C14H13FN2O3. The van der Waals surface area contributed by atoms with Gasteiger partial charge in [-0.25, -0.2) is 4.39 Å². The molecule has 104 valence electrons. The lowest BCUT2D eigenvalue weighted by molar-refractivity contribution is -0.140. The fourth-order valence-corrected chi connectivity index (χ4v) is 2.48. The van der Waals surface area contributed by atoms with Gasteiger partial charge in [0.05, 0.1) is 29.2 Å². The summed E-state index contributed by atoms with van der Waals surface area (Å²) in [4.78, 5) is 23.0. The molecule has 6 heteroatoms. The number of aliphatic carboxylic acids is 1. The van der Waals surface area contributed by atoms with Crippen molar-refractivity contribution in [2.24, 2.45) is 17.3 Å². The van der Waals surface area contributed by atoms with E-state index in [0.717, 1.165) is 6.07 Å². The Morgan fingerprint density at radius 3 is 2.50 bits per heavy atom. The molecule has 0 bridgehead atoms. The van der Waals surface area contributed by atoms with E-state index in [9.17, 15) is 14.0 Å². The molecule has 0 saturated heterocycles. The van der Waals surface area contributed by atoms with Gasteiger partial charge in [0, 0.05) is 0 Å². The van der Waals surface area contributed by atoms with Crippen molar-refractivity contribution in [3.63, 3.8) is 0 Å². The number of benzene rings is 1. The van der Waals surface area contributed by atoms with Gasteiger partial charge in [-0.2, -0.15) is 5.26 Å². The Bertz CT molecular complexity index is 634. The highest BCUT2D eigenvalue weighted by Crippen LogP contribution is 2.58. The number of carboxylic acid groups (broad SMARTS) is 1. The van der Waals surface area contributed by atoms with Crippen molar-refractivity contribution in [1.29, 1.82) is 5.26 Å². The third kappa shape index (κ3) is 2.23. The highest BCUT2D eigenvalue weighted by molar-refractivity contribution is 5.99. The number of nitriles is 1. The second-order valence-electron chi connectivity index (χ2n) is 5.41. The molecular weight excluding hydrogens is 263 g/mol. The molecule has 1 amide bonds. The topological polar surface area (TPSA) is 90.2 Å². The summed E-state index contributed by atoms with van der Waals surface area (Å²) in [5.41, 5.74) is -0.546. The maximum absolute atomic E-state index is 13.6. The van der Waals surface area contributed by atoms with E-state index in [-0.39, 0.29) is 11.3 Å². The first-order chi connectivity index (χ1) is 9.28. The maximum atomic E-state index is 13.6. The lowest BCUT2D eigenvalue weighted by atomic mass is 10.1. The van der Waals surface area contributed by atoms with Crippen LogP contribution in [0.3, 0.4) is 0 Å². The first kappa shape index (κ1) is 14.0. The smallest absolute Gasteiger partial charge is 0.307 e. The molecule has 0 heterocycles. The molecule has 1 fully saturated rings. The molecule has 2 rings (SSSR count). The maximum Gasteiger partial charge on any atom is 0.307 e. The van der Waals surface area contributed by atoms with E-state index in [1.54, 1.807) is 19.9 Å². The number of carbonyl (C=O) groups is 2. The summed E-state index contributed by atoms with van der Waals surface area (Å²) in [7, 11) is 0. The average molecular weight is 276 g/mol.